The Morgan fingerprint density at radius 3 is 2.37 bits per heavy atom. The molecule has 0 aromatic heterocycles. The standard InChI is InChI=1S/C11H8Cl2F3NO2/c12-5-9(18)6-17(10(19)11(14,15)16)8-3-1-2-7(13)4-8/h1-4H,5-6H2. The van der Waals surface area contributed by atoms with Gasteiger partial charge in [-0.25, -0.2) is 0 Å². The summed E-state index contributed by atoms with van der Waals surface area (Å²) in [6.07, 6.45) is -5.09. The van der Waals surface area contributed by atoms with Gasteiger partial charge in [-0.1, -0.05) is 17.7 Å². The Hall–Kier alpha value is -1.27. The molecule has 0 saturated carbocycles. The summed E-state index contributed by atoms with van der Waals surface area (Å²) in [6, 6.07) is 5.22. The highest BCUT2D eigenvalue weighted by atomic mass is 35.5. The van der Waals surface area contributed by atoms with Gasteiger partial charge in [0.1, 0.15) is 0 Å². The summed E-state index contributed by atoms with van der Waals surface area (Å²) in [7, 11) is 0. The molecule has 1 aromatic rings. The smallest absolute Gasteiger partial charge is 0.297 e. The molecule has 1 rings (SSSR count). The first-order valence-corrected chi connectivity index (χ1v) is 5.89. The minimum Gasteiger partial charge on any atom is -0.297 e. The van der Waals surface area contributed by atoms with Crippen LogP contribution in [0, 0.1) is 0 Å². The van der Waals surface area contributed by atoms with Crippen LogP contribution in [0.5, 0.6) is 0 Å². The van der Waals surface area contributed by atoms with Gasteiger partial charge < -0.3 is 0 Å². The molecule has 1 amide bonds. The highest BCUT2D eigenvalue weighted by molar-refractivity contribution is 6.31. The minimum absolute atomic E-state index is 0.117. The second-order valence-electron chi connectivity index (χ2n) is 3.54. The lowest BCUT2D eigenvalue weighted by Crippen LogP contribution is -2.44. The highest BCUT2D eigenvalue weighted by Crippen LogP contribution is 2.25. The number of carbonyl (C=O) groups excluding carboxylic acids is 2. The monoisotopic (exact) mass is 313 g/mol. The predicted molar refractivity (Wildman–Crippen MR) is 65.6 cm³/mol. The van der Waals surface area contributed by atoms with Gasteiger partial charge in [-0.2, -0.15) is 13.2 Å². The molecule has 0 N–H and O–H groups in total. The van der Waals surface area contributed by atoms with E-state index >= 15 is 0 Å². The summed E-state index contributed by atoms with van der Waals surface area (Å²) in [5, 5.41) is 0.149. The first kappa shape index (κ1) is 15.8. The van der Waals surface area contributed by atoms with Crippen molar-refractivity contribution in [3.63, 3.8) is 0 Å². The number of hydrogen-bond acceptors (Lipinski definition) is 2. The fourth-order valence-corrected chi connectivity index (χ4v) is 1.57. The molecule has 0 aliphatic rings. The molecular weight excluding hydrogens is 306 g/mol. The number of Topliss-reactive ketones (excluding diaryl/α,β-unsaturated/α-hetero) is 1. The third-order valence-electron chi connectivity index (χ3n) is 2.09. The Balaban J connectivity index is 3.12. The fourth-order valence-electron chi connectivity index (χ4n) is 1.30. The van der Waals surface area contributed by atoms with Crippen molar-refractivity contribution in [2.45, 2.75) is 6.18 Å². The molecular formula is C11H8Cl2F3NO2. The van der Waals surface area contributed by atoms with Gasteiger partial charge in [0.05, 0.1) is 12.4 Å². The zero-order valence-corrected chi connectivity index (χ0v) is 10.9. The van der Waals surface area contributed by atoms with Crippen molar-refractivity contribution in [3.05, 3.63) is 29.3 Å². The van der Waals surface area contributed by atoms with Crippen LogP contribution < -0.4 is 4.90 Å². The Kier molecular flexibility index (Phi) is 5.20. The highest BCUT2D eigenvalue weighted by Gasteiger charge is 2.43. The van der Waals surface area contributed by atoms with Gasteiger partial charge >= 0.3 is 12.1 Å². The molecule has 104 valence electrons. The minimum atomic E-state index is -5.09. The van der Waals surface area contributed by atoms with Gasteiger partial charge in [-0.3, -0.25) is 14.5 Å². The summed E-state index contributed by atoms with van der Waals surface area (Å²) >= 11 is 10.9. The van der Waals surface area contributed by atoms with Crippen LogP contribution in [0.3, 0.4) is 0 Å². The quantitative estimate of drug-likeness (QED) is 0.801. The van der Waals surface area contributed by atoms with Gasteiger partial charge in [-0.15, -0.1) is 11.6 Å². The van der Waals surface area contributed by atoms with Crippen LogP contribution in [-0.2, 0) is 9.59 Å². The maximum Gasteiger partial charge on any atom is 0.471 e. The first-order chi connectivity index (χ1) is 8.75. The summed E-state index contributed by atoms with van der Waals surface area (Å²) < 4.78 is 37.4. The Morgan fingerprint density at radius 1 is 1.26 bits per heavy atom. The summed E-state index contributed by atoms with van der Waals surface area (Å²) in [6.45, 7) is -0.762. The lowest BCUT2D eigenvalue weighted by molar-refractivity contribution is -0.170. The van der Waals surface area contributed by atoms with Crippen molar-refractivity contribution in [1.29, 1.82) is 0 Å². The number of amides is 1. The zero-order valence-electron chi connectivity index (χ0n) is 9.38. The van der Waals surface area contributed by atoms with Crippen LogP contribution in [0.15, 0.2) is 24.3 Å². The van der Waals surface area contributed by atoms with E-state index in [0.29, 0.717) is 4.90 Å². The first-order valence-electron chi connectivity index (χ1n) is 4.97. The molecule has 0 aliphatic carbocycles. The molecule has 0 bridgehead atoms. The average molecular weight is 314 g/mol. The topological polar surface area (TPSA) is 37.4 Å². The number of ketones is 1. The van der Waals surface area contributed by atoms with Crippen LogP contribution in [0.1, 0.15) is 0 Å². The van der Waals surface area contributed by atoms with E-state index in [2.05, 4.69) is 0 Å². The van der Waals surface area contributed by atoms with E-state index in [4.69, 9.17) is 23.2 Å². The normalized spacial score (nSPS) is 11.2. The lowest BCUT2D eigenvalue weighted by atomic mass is 10.2. The van der Waals surface area contributed by atoms with E-state index in [1.54, 1.807) is 0 Å². The summed E-state index contributed by atoms with van der Waals surface area (Å²) in [5.74, 6) is -3.34. The number of halogens is 5. The molecule has 0 aliphatic heterocycles. The number of anilines is 1. The molecule has 0 heterocycles. The molecule has 0 saturated heterocycles. The molecule has 0 spiro atoms. The van der Waals surface area contributed by atoms with E-state index < -0.39 is 30.3 Å². The Bertz CT molecular complexity index is 491. The lowest BCUT2D eigenvalue weighted by Gasteiger charge is -2.23. The van der Waals surface area contributed by atoms with Gasteiger partial charge in [0.25, 0.3) is 0 Å². The Labute approximate surface area is 116 Å². The van der Waals surface area contributed by atoms with Gasteiger partial charge in [-0.05, 0) is 18.2 Å². The fraction of sp³-hybridized carbons (Fsp3) is 0.273. The van der Waals surface area contributed by atoms with Crippen LogP contribution in [0.2, 0.25) is 5.02 Å². The maximum absolute atomic E-state index is 12.5. The predicted octanol–water partition coefficient (Wildman–Crippen LogP) is 3.04. The molecule has 19 heavy (non-hydrogen) atoms. The number of rotatable bonds is 4. The van der Waals surface area contributed by atoms with Crippen molar-refractivity contribution in [2.24, 2.45) is 0 Å². The van der Waals surface area contributed by atoms with Crippen molar-refractivity contribution < 1.29 is 22.8 Å². The molecule has 0 atom stereocenters. The largest absolute Gasteiger partial charge is 0.471 e. The van der Waals surface area contributed by atoms with Crippen molar-refractivity contribution >= 4 is 40.6 Å². The third kappa shape index (κ3) is 4.40. The van der Waals surface area contributed by atoms with Crippen molar-refractivity contribution in [1.82, 2.24) is 0 Å². The number of benzene rings is 1. The van der Waals surface area contributed by atoms with Gasteiger partial charge in [0.2, 0.25) is 0 Å². The molecule has 1 aromatic carbocycles. The van der Waals surface area contributed by atoms with Crippen molar-refractivity contribution in [2.75, 3.05) is 17.3 Å². The molecule has 3 nitrogen and oxygen atoms in total. The molecule has 8 heteroatoms. The summed E-state index contributed by atoms with van der Waals surface area (Å²) in [5.41, 5.74) is -0.117. The van der Waals surface area contributed by atoms with E-state index in [1.807, 2.05) is 0 Å². The van der Waals surface area contributed by atoms with Gasteiger partial charge in [0, 0.05) is 10.7 Å². The van der Waals surface area contributed by atoms with E-state index in [9.17, 15) is 22.8 Å². The van der Waals surface area contributed by atoms with Crippen LogP contribution >= 0.6 is 23.2 Å². The second kappa shape index (κ2) is 6.25. The summed E-state index contributed by atoms with van der Waals surface area (Å²) in [4.78, 5) is 22.8. The second-order valence-corrected chi connectivity index (χ2v) is 4.24. The van der Waals surface area contributed by atoms with Crippen LogP contribution in [-0.4, -0.2) is 30.3 Å². The van der Waals surface area contributed by atoms with E-state index in [1.165, 1.54) is 18.2 Å². The van der Waals surface area contributed by atoms with Crippen molar-refractivity contribution in [3.8, 4) is 0 Å². The zero-order chi connectivity index (χ0) is 14.6. The number of carbonyl (C=O) groups is 2. The number of hydrogen-bond donors (Lipinski definition) is 0. The molecule has 0 unspecified atom stereocenters. The molecule has 0 fully saturated rings. The maximum atomic E-state index is 12.5. The number of alkyl halides is 4. The van der Waals surface area contributed by atoms with Gasteiger partial charge in [0.15, 0.2) is 5.78 Å². The average Bonchev–Trinajstić information content (AvgIpc) is 2.33. The Morgan fingerprint density at radius 2 is 1.89 bits per heavy atom. The van der Waals surface area contributed by atoms with Crippen LogP contribution in [0.25, 0.3) is 0 Å². The third-order valence-corrected chi connectivity index (χ3v) is 2.62. The van der Waals surface area contributed by atoms with E-state index in [0.717, 1.165) is 6.07 Å². The SMILES string of the molecule is O=C(CCl)CN(C(=O)C(F)(F)F)c1cccc(Cl)c1. The van der Waals surface area contributed by atoms with Crippen LogP contribution in [0.4, 0.5) is 18.9 Å². The molecule has 0 radical (unpaired) electrons. The van der Waals surface area contributed by atoms with E-state index in [-0.39, 0.29) is 10.7 Å². The number of nitrogens with zero attached hydrogens (tertiary/aromatic N) is 1.